The van der Waals surface area contributed by atoms with Crippen molar-refractivity contribution in [3.05, 3.63) is 30.3 Å². The van der Waals surface area contributed by atoms with Crippen LogP contribution >= 0.6 is 0 Å². The summed E-state index contributed by atoms with van der Waals surface area (Å²) < 4.78 is 29.8. The Balaban J connectivity index is 2.33. The van der Waals surface area contributed by atoms with E-state index in [-0.39, 0.29) is 11.0 Å². The first kappa shape index (κ1) is 19.2. The van der Waals surface area contributed by atoms with Crippen LogP contribution in [0.15, 0.2) is 35.2 Å². The Morgan fingerprint density at radius 2 is 1.50 bits per heavy atom. The molecule has 0 aliphatic heterocycles. The molecule has 0 aromatic heterocycles. The number of benzene rings is 1. The van der Waals surface area contributed by atoms with Gasteiger partial charge in [-0.05, 0) is 25.0 Å². The van der Waals surface area contributed by atoms with Gasteiger partial charge in [0.1, 0.15) is 0 Å². The molecule has 0 radical (unpaired) electrons. The predicted molar refractivity (Wildman–Crippen MR) is 91.4 cm³/mol. The van der Waals surface area contributed by atoms with E-state index in [4.69, 9.17) is 4.18 Å². The van der Waals surface area contributed by atoms with Crippen LogP contribution in [0, 0.1) is 0 Å². The fourth-order valence-electron chi connectivity index (χ4n) is 2.47. The lowest BCUT2D eigenvalue weighted by Crippen LogP contribution is -2.18. The van der Waals surface area contributed by atoms with E-state index in [9.17, 15) is 8.42 Å². The molecule has 0 spiro atoms. The van der Waals surface area contributed by atoms with E-state index < -0.39 is 10.1 Å². The molecule has 0 saturated heterocycles. The Bertz CT molecular complexity index is 482. The van der Waals surface area contributed by atoms with Crippen molar-refractivity contribution in [2.24, 2.45) is 0 Å². The Kier molecular flexibility index (Phi) is 9.41. The minimum absolute atomic E-state index is 0.208. The van der Waals surface area contributed by atoms with Gasteiger partial charge in [-0.1, -0.05) is 77.0 Å². The molecule has 0 aliphatic rings. The lowest BCUT2D eigenvalue weighted by atomic mass is 10.1. The van der Waals surface area contributed by atoms with Gasteiger partial charge in [-0.15, -0.1) is 0 Å². The maximum absolute atomic E-state index is 12.2. The zero-order chi connectivity index (χ0) is 16.3. The average molecular weight is 327 g/mol. The normalized spacial score (nSPS) is 13.2. The second-order valence-electron chi connectivity index (χ2n) is 5.80. The second kappa shape index (κ2) is 10.8. The summed E-state index contributed by atoms with van der Waals surface area (Å²) in [4.78, 5) is 0.244. The van der Waals surface area contributed by atoms with Gasteiger partial charge in [0.2, 0.25) is 0 Å². The van der Waals surface area contributed by atoms with E-state index in [1.54, 1.807) is 30.3 Å². The summed E-state index contributed by atoms with van der Waals surface area (Å²) in [5.41, 5.74) is 0. The van der Waals surface area contributed by atoms with Crippen molar-refractivity contribution >= 4 is 10.1 Å². The molecule has 22 heavy (non-hydrogen) atoms. The molecule has 1 aromatic carbocycles. The van der Waals surface area contributed by atoms with Crippen molar-refractivity contribution in [3.63, 3.8) is 0 Å². The first-order chi connectivity index (χ1) is 10.6. The highest BCUT2D eigenvalue weighted by Crippen LogP contribution is 2.19. The third-order valence-corrected chi connectivity index (χ3v) is 5.25. The zero-order valence-electron chi connectivity index (χ0n) is 14.0. The monoisotopic (exact) mass is 326 g/mol. The van der Waals surface area contributed by atoms with Crippen molar-refractivity contribution in [3.8, 4) is 0 Å². The van der Waals surface area contributed by atoms with E-state index >= 15 is 0 Å². The van der Waals surface area contributed by atoms with Crippen LogP contribution < -0.4 is 0 Å². The number of hydrogen-bond donors (Lipinski definition) is 0. The maximum Gasteiger partial charge on any atom is 0.297 e. The van der Waals surface area contributed by atoms with Gasteiger partial charge in [0.15, 0.2) is 0 Å². The SMILES string of the molecule is CCCCCCCCCC(CC)OS(=O)(=O)c1ccccc1. The molecule has 0 heterocycles. The van der Waals surface area contributed by atoms with Crippen molar-refractivity contribution in [1.82, 2.24) is 0 Å². The van der Waals surface area contributed by atoms with Crippen LogP contribution in [0.5, 0.6) is 0 Å². The molecule has 1 rings (SSSR count). The standard InChI is InChI=1S/C18H30O3S/c1-3-5-6-7-8-9-11-14-17(4-2)21-22(19,20)18-15-12-10-13-16-18/h10,12-13,15-17H,3-9,11,14H2,1-2H3. The van der Waals surface area contributed by atoms with Crippen molar-refractivity contribution in [1.29, 1.82) is 0 Å². The molecule has 126 valence electrons. The topological polar surface area (TPSA) is 43.4 Å². The molecule has 0 bridgehead atoms. The quantitative estimate of drug-likeness (QED) is 0.386. The summed E-state index contributed by atoms with van der Waals surface area (Å²) >= 11 is 0. The van der Waals surface area contributed by atoms with Gasteiger partial charge in [-0.3, -0.25) is 4.18 Å². The molecule has 0 aliphatic carbocycles. The van der Waals surface area contributed by atoms with Crippen LogP contribution in [-0.4, -0.2) is 14.5 Å². The van der Waals surface area contributed by atoms with E-state index in [1.807, 2.05) is 6.92 Å². The van der Waals surface area contributed by atoms with Gasteiger partial charge >= 0.3 is 0 Å². The van der Waals surface area contributed by atoms with Crippen LogP contribution in [0.25, 0.3) is 0 Å². The van der Waals surface area contributed by atoms with Crippen LogP contribution in [-0.2, 0) is 14.3 Å². The number of hydrogen-bond acceptors (Lipinski definition) is 3. The Labute approximate surface area is 136 Å². The molecule has 0 fully saturated rings. The summed E-state index contributed by atoms with van der Waals surface area (Å²) in [7, 11) is -3.63. The van der Waals surface area contributed by atoms with E-state index in [0.29, 0.717) is 0 Å². The van der Waals surface area contributed by atoms with Gasteiger partial charge in [0.25, 0.3) is 10.1 Å². The van der Waals surface area contributed by atoms with Crippen molar-refractivity contribution < 1.29 is 12.6 Å². The molecular formula is C18H30O3S. The lowest BCUT2D eigenvalue weighted by molar-refractivity contribution is 0.190. The Morgan fingerprint density at radius 3 is 2.09 bits per heavy atom. The van der Waals surface area contributed by atoms with Crippen LogP contribution in [0.1, 0.15) is 71.6 Å². The van der Waals surface area contributed by atoms with Gasteiger partial charge in [-0.25, -0.2) is 0 Å². The highest BCUT2D eigenvalue weighted by molar-refractivity contribution is 7.86. The number of rotatable bonds is 12. The van der Waals surface area contributed by atoms with Crippen LogP contribution in [0.4, 0.5) is 0 Å². The summed E-state index contributed by atoms with van der Waals surface area (Å²) in [6, 6.07) is 8.39. The Morgan fingerprint density at radius 1 is 0.909 bits per heavy atom. The summed E-state index contributed by atoms with van der Waals surface area (Å²) in [6.07, 6.45) is 9.95. The first-order valence-corrected chi connectivity index (χ1v) is 9.99. The van der Waals surface area contributed by atoms with E-state index in [0.717, 1.165) is 25.7 Å². The smallest absolute Gasteiger partial charge is 0.263 e. The second-order valence-corrected chi connectivity index (χ2v) is 7.38. The van der Waals surface area contributed by atoms with Gasteiger partial charge < -0.3 is 0 Å². The van der Waals surface area contributed by atoms with Crippen molar-refractivity contribution in [2.45, 2.75) is 82.6 Å². The molecule has 1 atom stereocenters. The molecule has 4 heteroatoms. The minimum Gasteiger partial charge on any atom is -0.263 e. The lowest BCUT2D eigenvalue weighted by Gasteiger charge is -2.15. The maximum atomic E-state index is 12.2. The van der Waals surface area contributed by atoms with Gasteiger partial charge in [-0.2, -0.15) is 8.42 Å². The molecular weight excluding hydrogens is 296 g/mol. The largest absolute Gasteiger partial charge is 0.297 e. The fourth-order valence-corrected chi connectivity index (χ4v) is 3.66. The third kappa shape index (κ3) is 7.41. The highest BCUT2D eigenvalue weighted by Gasteiger charge is 2.20. The zero-order valence-corrected chi connectivity index (χ0v) is 14.8. The average Bonchev–Trinajstić information content (AvgIpc) is 2.53. The van der Waals surface area contributed by atoms with E-state index in [2.05, 4.69) is 6.92 Å². The highest BCUT2D eigenvalue weighted by atomic mass is 32.2. The van der Waals surface area contributed by atoms with Crippen LogP contribution in [0.2, 0.25) is 0 Å². The molecule has 0 saturated carbocycles. The first-order valence-electron chi connectivity index (χ1n) is 8.58. The summed E-state index contributed by atoms with van der Waals surface area (Å²) in [5, 5.41) is 0. The van der Waals surface area contributed by atoms with E-state index in [1.165, 1.54) is 32.1 Å². The number of unbranched alkanes of at least 4 members (excludes halogenated alkanes) is 6. The summed E-state index contributed by atoms with van der Waals surface area (Å²) in [5.74, 6) is 0. The Hall–Kier alpha value is -0.870. The van der Waals surface area contributed by atoms with Gasteiger partial charge in [0.05, 0.1) is 11.0 Å². The van der Waals surface area contributed by atoms with Crippen molar-refractivity contribution in [2.75, 3.05) is 0 Å². The summed E-state index contributed by atoms with van der Waals surface area (Å²) in [6.45, 7) is 4.20. The van der Waals surface area contributed by atoms with Crippen LogP contribution in [0.3, 0.4) is 0 Å². The molecule has 3 nitrogen and oxygen atoms in total. The molecule has 1 aromatic rings. The molecule has 1 unspecified atom stereocenters. The molecule has 0 amide bonds. The predicted octanol–water partition coefficient (Wildman–Crippen LogP) is 5.31. The fraction of sp³-hybridized carbons (Fsp3) is 0.667. The molecule has 0 N–H and O–H groups in total. The minimum atomic E-state index is -3.63. The van der Waals surface area contributed by atoms with Gasteiger partial charge in [0, 0.05) is 0 Å². The third-order valence-electron chi connectivity index (χ3n) is 3.88.